The van der Waals surface area contributed by atoms with Crippen LogP contribution < -0.4 is 10.6 Å². The Morgan fingerprint density at radius 3 is 2.76 bits per heavy atom. The number of rotatable bonds is 6. The lowest BCUT2D eigenvalue weighted by molar-refractivity contribution is -0.127. The molecule has 0 fully saturated rings. The molecule has 6 nitrogen and oxygen atoms in total. The molecule has 1 aromatic heterocycles. The standard InChI is InChI=1S/C15H25N5O/c1-5-17-15(19-11-14(21)20(3)4)18-9-7-13-6-8-16-10-12(13)2/h6,8,10H,5,7,9,11H2,1-4H3,(H2,17,18,19). The number of aliphatic imine (C=N–C) groups is 1. The molecule has 1 rings (SSSR count). The van der Waals surface area contributed by atoms with Crippen molar-refractivity contribution in [3.05, 3.63) is 29.6 Å². The van der Waals surface area contributed by atoms with Gasteiger partial charge in [-0.15, -0.1) is 0 Å². The van der Waals surface area contributed by atoms with Crippen molar-refractivity contribution in [2.24, 2.45) is 4.99 Å². The number of carbonyl (C=O) groups is 1. The van der Waals surface area contributed by atoms with Gasteiger partial charge in [0.2, 0.25) is 5.91 Å². The Labute approximate surface area is 126 Å². The molecule has 116 valence electrons. The van der Waals surface area contributed by atoms with E-state index in [1.54, 1.807) is 20.3 Å². The van der Waals surface area contributed by atoms with E-state index in [0.717, 1.165) is 19.5 Å². The number of aryl methyl sites for hydroxylation is 1. The smallest absolute Gasteiger partial charge is 0.243 e. The molecule has 21 heavy (non-hydrogen) atoms. The zero-order valence-electron chi connectivity index (χ0n) is 13.3. The lowest BCUT2D eigenvalue weighted by Crippen LogP contribution is -2.39. The molecule has 0 saturated heterocycles. The summed E-state index contributed by atoms with van der Waals surface area (Å²) < 4.78 is 0. The van der Waals surface area contributed by atoms with Crippen molar-refractivity contribution in [2.45, 2.75) is 20.3 Å². The van der Waals surface area contributed by atoms with E-state index in [4.69, 9.17) is 0 Å². The molecule has 1 heterocycles. The van der Waals surface area contributed by atoms with Gasteiger partial charge in [-0.05, 0) is 37.5 Å². The fraction of sp³-hybridized carbons (Fsp3) is 0.533. The highest BCUT2D eigenvalue weighted by Crippen LogP contribution is 2.04. The Balaban J connectivity index is 2.49. The molecule has 6 heteroatoms. The minimum absolute atomic E-state index is 0.0165. The number of hydrogen-bond acceptors (Lipinski definition) is 3. The first-order valence-electron chi connectivity index (χ1n) is 7.16. The second kappa shape index (κ2) is 8.94. The largest absolute Gasteiger partial charge is 0.357 e. The Morgan fingerprint density at radius 1 is 1.38 bits per heavy atom. The third kappa shape index (κ3) is 6.25. The number of pyridine rings is 1. The summed E-state index contributed by atoms with van der Waals surface area (Å²) in [6.07, 6.45) is 4.56. The van der Waals surface area contributed by atoms with Gasteiger partial charge in [0.05, 0.1) is 0 Å². The van der Waals surface area contributed by atoms with E-state index in [9.17, 15) is 4.79 Å². The van der Waals surface area contributed by atoms with E-state index in [2.05, 4.69) is 27.5 Å². The SMILES string of the molecule is CCNC(=NCC(=O)N(C)C)NCCc1ccncc1C. The van der Waals surface area contributed by atoms with Crippen molar-refractivity contribution in [3.63, 3.8) is 0 Å². The maximum absolute atomic E-state index is 11.5. The third-order valence-electron chi connectivity index (χ3n) is 3.04. The zero-order chi connectivity index (χ0) is 15.7. The summed E-state index contributed by atoms with van der Waals surface area (Å²) >= 11 is 0. The number of likely N-dealkylation sites (N-methyl/N-ethyl adjacent to an activating group) is 1. The number of aromatic nitrogens is 1. The molecule has 0 atom stereocenters. The molecule has 1 amide bonds. The first-order chi connectivity index (χ1) is 10.0. The molecule has 0 bridgehead atoms. The topological polar surface area (TPSA) is 69.6 Å². The Hall–Kier alpha value is -2.11. The summed E-state index contributed by atoms with van der Waals surface area (Å²) in [5.41, 5.74) is 2.45. The highest BCUT2D eigenvalue weighted by molar-refractivity contribution is 5.84. The Bertz CT molecular complexity index is 485. The molecule has 0 aliphatic rings. The van der Waals surface area contributed by atoms with E-state index in [1.165, 1.54) is 16.0 Å². The molecule has 0 radical (unpaired) electrons. The Morgan fingerprint density at radius 2 is 2.14 bits per heavy atom. The van der Waals surface area contributed by atoms with Crippen LogP contribution in [0.1, 0.15) is 18.1 Å². The summed E-state index contributed by atoms with van der Waals surface area (Å²) in [6, 6.07) is 2.02. The third-order valence-corrected chi connectivity index (χ3v) is 3.04. The highest BCUT2D eigenvalue weighted by atomic mass is 16.2. The van der Waals surface area contributed by atoms with Gasteiger partial charge in [0, 0.05) is 39.6 Å². The molecule has 0 saturated carbocycles. The molecular weight excluding hydrogens is 266 g/mol. The molecule has 0 aromatic carbocycles. The maximum atomic E-state index is 11.5. The van der Waals surface area contributed by atoms with E-state index in [0.29, 0.717) is 5.96 Å². The van der Waals surface area contributed by atoms with Gasteiger partial charge in [0.1, 0.15) is 6.54 Å². The van der Waals surface area contributed by atoms with E-state index >= 15 is 0 Å². The van der Waals surface area contributed by atoms with Crippen molar-refractivity contribution in [1.29, 1.82) is 0 Å². The van der Waals surface area contributed by atoms with Crippen LogP contribution in [0.15, 0.2) is 23.5 Å². The number of amides is 1. The fourth-order valence-electron chi connectivity index (χ4n) is 1.73. The van der Waals surface area contributed by atoms with Gasteiger partial charge in [-0.2, -0.15) is 0 Å². The molecule has 0 aliphatic heterocycles. The number of carbonyl (C=O) groups excluding carboxylic acids is 1. The van der Waals surface area contributed by atoms with Crippen LogP contribution in [0.25, 0.3) is 0 Å². The predicted molar refractivity (Wildman–Crippen MR) is 85.4 cm³/mol. The summed E-state index contributed by atoms with van der Waals surface area (Å²) in [6.45, 7) is 5.72. The van der Waals surface area contributed by atoms with Crippen molar-refractivity contribution < 1.29 is 4.79 Å². The maximum Gasteiger partial charge on any atom is 0.243 e. The predicted octanol–water partition coefficient (Wildman–Crippen LogP) is 0.576. The van der Waals surface area contributed by atoms with Crippen LogP contribution in [-0.4, -0.2) is 55.5 Å². The average molecular weight is 291 g/mol. The van der Waals surface area contributed by atoms with Crippen molar-refractivity contribution >= 4 is 11.9 Å². The lowest BCUT2D eigenvalue weighted by atomic mass is 10.1. The quantitative estimate of drug-likeness (QED) is 0.594. The second-order valence-electron chi connectivity index (χ2n) is 4.96. The average Bonchev–Trinajstić information content (AvgIpc) is 2.46. The fourth-order valence-corrected chi connectivity index (χ4v) is 1.73. The second-order valence-corrected chi connectivity index (χ2v) is 4.96. The molecule has 0 spiro atoms. The van der Waals surface area contributed by atoms with E-state index in [1.807, 2.05) is 19.2 Å². The van der Waals surface area contributed by atoms with Gasteiger partial charge in [0.15, 0.2) is 5.96 Å². The van der Waals surface area contributed by atoms with Crippen LogP contribution in [-0.2, 0) is 11.2 Å². The first kappa shape index (κ1) is 16.9. The van der Waals surface area contributed by atoms with Gasteiger partial charge >= 0.3 is 0 Å². The monoisotopic (exact) mass is 291 g/mol. The van der Waals surface area contributed by atoms with Crippen molar-refractivity contribution in [3.8, 4) is 0 Å². The Kier molecular flexibility index (Phi) is 7.21. The molecular formula is C15H25N5O. The van der Waals surface area contributed by atoms with Crippen molar-refractivity contribution in [1.82, 2.24) is 20.5 Å². The molecule has 1 aromatic rings. The molecule has 2 N–H and O–H groups in total. The van der Waals surface area contributed by atoms with Crippen LogP contribution in [0.4, 0.5) is 0 Å². The van der Waals surface area contributed by atoms with Gasteiger partial charge in [-0.1, -0.05) is 0 Å². The minimum Gasteiger partial charge on any atom is -0.357 e. The van der Waals surface area contributed by atoms with Crippen LogP contribution >= 0.6 is 0 Å². The van der Waals surface area contributed by atoms with Gasteiger partial charge in [-0.3, -0.25) is 9.78 Å². The highest BCUT2D eigenvalue weighted by Gasteiger charge is 2.04. The van der Waals surface area contributed by atoms with Crippen molar-refractivity contribution in [2.75, 3.05) is 33.7 Å². The van der Waals surface area contributed by atoms with Gasteiger partial charge in [0.25, 0.3) is 0 Å². The normalized spacial score (nSPS) is 11.1. The first-order valence-corrected chi connectivity index (χ1v) is 7.16. The summed E-state index contributed by atoms with van der Waals surface area (Å²) in [7, 11) is 3.45. The number of hydrogen-bond donors (Lipinski definition) is 2. The lowest BCUT2D eigenvalue weighted by Gasteiger charge is -2.13. The van der Waals surface area contributed by atoms with Crippen LogP contribution in [0.2, 0.25) is 0 Å². The number of guanidine groups is 1. The summed E-state index contributed by atoms with van der Waals surface area (Å²) in [5, 5.41) is 6.37. The van der Waals surface area contributed by atoms with E-state index in [-0.39, 0.29) is 12.5 Å². The van der Waals surface area contributed by atoms with Gasteiger partial charge in [-0.25, -0.2) is 4.99 Å². The zero-order valence-corrected chi connectivity index (χ0v) is 13.3. The van der Waals surface area contributed by atoms with E-state index < -0.39 is 0 Å². The summed E-state index contributed by atoms with van der Waals surface area (Å²) in [5.74, 6) is 0.650. The number of nitrogens with zero attached hydrogens (tertiary/aromatic N) is 3. The van der Waals surface area contributed by atoms with Crippen LogP contribution in [0, 0.1) is 6.92 Å². The van der Waals surface area contributed by atoms with Gasteiger partial charge < -0.3 is 15.5 Å². The van der Waals surface area contributed by atoms with Crippen LogP contribution in [0.5, 0.6) is 0 Å². The van der Waals surface area contributed by atoms with Crippen LogP contribution in [0.3, 0.4) is 0 Å². The summed E-state index contributed by atoms with van der Waals surface area (Å²) in [4.78, 5) is 21.4. The number of nitrogens with one attached hydrogen (secondary N) is 2. The molecule has 0 aliphatic carbocycles. The minimum atomic E-state index is -0.0165. The molecule has 0 unspecified atom stereocenters.